The Labute approximate surface area is 181 Å². The standard InChI is InChI=1S/C21H21F3N2O6/c1-11-5-6-16(15(22)7-11)25-20-14(21(29)30-3)8-13(18(23)19(20)24)9-26(31-4)17(28)10-32-12(2)27/h5-8,25H,9-10H2,1-4H3. The van der Waals surface area contributed by atoms with Crippen LogP contribution in [0.5, 0.6) is 0 Å². The van der Waals surface area contributed by atoms with Crippen molar-refractivity contribution >= 4 is 29.2 Å². The highest BCUT2D eigenvalue weighted by Crippen LogP contribution is 2.31. The number of aryl methyl sites for hydroxylation is 1. The largest absolute Gasteiger partial charge is 0.465 e. The number of carbonyl (C=O) groups is 3. The maximum absolute atomic E-state index is 14.9. The van der Waals surface area contributed by atoms with E-state index in [1.807, 2.05) is 0 Å². The Morgan fingerprint density at radius 1 is 1.06 bits per heavy atom. The van der Waals surface area contributed by atoms with Crippen LogP contribution in [0.2, 0.25) is 0 Å². The lowest BCUT2D eigenvalue weighted by Crippen LogP contribution is -2.33. The Balaban J connectivity index is 2.46. The summed E-state index contributed by atoms with van der Waals surface area (Å²) in [4.78, 5) is 40.0. The van der Waals surface area contributed by atoms with Crippen LogP contribution in [-0.2, 0) is 30.4 Å². The fourth-order valence-corrected chi connectivity index (χ4v) is 2.69. The van der Waals surface area contributed by atoms with Gasteiger partial charge < -0.3 is 14.8 Å². The molecule has 1 N–H and O–H groups in total. The lowest BCUT2D eigenvalue weighted by atomic mass is 10.1. The van der Waals surface area contributed by atoms with Gasteiger partial charge in [0.1, 0.15) is 5.82 Å². The quantitative estimate of drug-likeness (QED) is 0.483. The Morgan fingerprint density at radius 3 is 2.31 bits per heavy atom. The first-order valence-corrected chi connectivity index (χ1v) is 9.19. The van der Waals surface area contributed by atoms with Gasteiger partial charge in [-0.05, 0) is 30.7 Å². The van der Waals surface area contributed by atoms with Gasteiger partial charge in [0.15, 0.2) is 18.2 Å². The molecular formula is C21H21F3N2O6. The van der Waals surface area contributed by atoms with Crippen LogP contribution in [0.4, 0.5) is 24.5 Å². The fourth-order valence-electron chi connectivity index (χ4n) is 2.69. The van der Waals surface area contributed by atoms with Crippen LogP contribution in [-0.4, -0.2) is 43.7 Å². The molecule has 0 bridgehead atoms. The minimum Gasteiger partial charge on any atom is -0.465 e. The molecule has 2 rings (SSSR count). The van der Waals surface area contributed by atoms with E-state index in [1.165, 1.54) is 18.2 Å². The van der Waals surface area contributed by atoms with E-state index < -0.39 is 65.3 Å². The number of hydrogen-bond acceptors (Lipinski definition) is 7. The molecule has 172 valence electrons. The molecule has 0 saturated heterocycles. The van der Waals surface area contributed by atoms with E-state index >= 15 is 0 Å². The second-order valence-electron chi connectivity index (χ2n) is 6.58. The van der Waals surface area contributed by atoms with Gasteiger partial charge in [0.2, 0.25) is 0 Å². The van der Waals surface area contributed by atoms with E-state index in [4.69, 9.17) is 4.84 Å². The van der Waals surface area contributed by atoms with Crippen molar-refractivity contribution in [2.75, 3.05) is 26.1 Å². The van der Waals surface area contributed by atoms with Crippen molar-refractivity contribution in [2.24, 2.45) is 0 Å². The highest BCUT2D eigenvalue weighted by molar-refractivity contribution is 5.97. The maximum atomic E-state index is 14.9. The molecule has 0 aromatic heterocycles. The molecule has 8 nitrogen and oxygen atoms in total. The van der Waals surface area contributed by atoms with E-state index in [0.717, 1.165) is 27.2 Å². The first-order chi connectivity index (χ1) is 15.1. The van der Waals surface area contributed by atoms with Crippen LogP contribution in [0.1, 0.15) is 28.4 Å². The summed E-state index contributed by atoms with van der Waals surface area (Å²) in [5, 5.41) is 3.00. The van der Waals surface area contributed by atoms with Crippen LogP contribution in [0, 0.1) is 24.4 Å². The van der Waals surface area contributed by atoms with Crippen LogP contribution in [0.25, 0.3) is 0 Å². The number of hydrogen-bond donors (Lipinski definition) is 1. The van der Waals surface area contributed by atoms with Gasteiger partial charge in [-0.2, -0.15) is 0 Å². The summed E-state index contributed by atoms with van der Waals surface area (Å²) in [7, 11) is 2.13. The van der Waals surface area contributed by atoms with Crippen molar-refractivity contribution in [3.8, 4) is 0 Å². The summed E-state index contributed by atoms with van der Waals surface area (Å²) in [6.07, 6.45) is 0. The van der Waals surface area contributed by atoms with Gasteiger partial charge in [-0.25, -0.2) is 23.0 Å². The SMILES string of the molecule is COC(=O)c1cc(CN(OC)C(=O)COC(C)=O)c(F)c(F)c1Nc1ccc(C)cc1F. The molecule has 32 heavy (non-hydrogen) atoms. The van der Waals surface area contributed by atoms with Gasteiger partial charge >= 0.3 is 11.9 Å². The highest BCUT2D eigenvalue weighted by Gasteiger charge is 2.26. The number of nitrogens with one attached hydrogen (secondary N) is 1. The first-order valence-electron chi connectivity index (χ1n) is 9.19. The van der Waals surface area contributed by atoms with Gasteiger partial charge in [-0.1, -0.05) is 6.07 Å². The third kappa shape index (κ3) is 5.76. The molecule has 0 fully saturated rings. The van der Waals surface area contributed by atoms with Crippen molar-refractivity contribution in [2.45, 2.75) is 20.4 Å². The molecule has 1 amide bonds. The van der Waals surface area contributed by atoms with Crippen molar-refractivity contribution in [3.05, 3.63) is 58.4 Å². The lowest BCUT2D eigenvalue weighted by molar-refractivity contribution is -0.185. The molecule has 0 radical (unpaired) electrons. The van der Waals surface area contributed by atoms with E-state index in [-0.39, 0.29) is 5.69 Å². The van der Waals surface area contributed by atoms with E-state index in [0.29, 0.717) is 10.6 Å². The van der Waals surface area contributed by atoms with E-state index in [2.05, 4.69) is 14.8 Å². The molecular weight excluding hydrogens is 433 g/mol. The molecule has 0 saturated carbocycles. The molecule has 0 aliphatic rings. The molecule has 0 aliphatic heterocycles. The highest BCUT2D eigenvalue weighted by atomic mass is 19.2. The second kappa shape index (κ2) is 10.6. The van der Waals surface area contributed by atoms with Gasteiger partial charge in [0.05, 0.1) is 37.7 Å². The summed E-state index contributed by atoms with van der Waals surface area (Å²) in [5.74, 6) is -6.26. The third-order valence-corrected chi connectivity index (χ3v) is 4.28. The number of rotatable bonds is 8. The summed E-state index contributed by atoms with van der Waals surface area (Å²) in [5.41, 5.74) is -1.11. The predicted octanol–water partition coefficient (Wildman–Crippen LogP) is 3.40. The van der Waals surface area contributed by atoms with Crippen molar-refractivity contribution in [1.82, 2.24) is 5.06 Å². The lowest BCUT2D eigenvalue weighted by Gasteiger charge is -2.21. The number of ether oxygens (including phenoxy) is 2. The molecule has 11 heteroatoms. The Morgan fingerprint density at radius 2 is 1.75 bits per heavy atom. The molecule has 0 heterocycles. The van der Waals surface area contributed by atoms with Crippen LogP contribution < -0.4 is 5.32 Å². The summed E-state index contributed by atoms with van der Waals surface area (Å²) >= 11 is 0. The van der Waals surface area contributed by atoms with Gasteiger partial charge in [0.25, 0.3) is 5.91 Å². The third-order valence-electron chi connectivity index (χ3n) is 4.28. The second-order valence-corrected chi connectivity index (χ2v) is 6.58. The number of nitrogens with zero attached hydrogens (tertiary/aromatic N) is 1. The number of anilines is 2. The minimum absolute atomic E-state index is 0.193. The fraction of sp³-hybridized carbons (Fsp3) is 0.286. The molecule has 0 atom stereocenters. The number of halogens is 3. The molecule has 2 aromatic rings. The number of hydroxylamine groups is 2. The zero-order valence-electron chi connectivity index (χ0n) is 17.8. The number of benzene rings is 2. The topological polar surface area (TPSA) is 94.2 Å². The summed E-state index contributed by atoms with van der Waals surface area (Å²) < 4.78 is 53.2. The maximum Gasteiger partial charge on any atom is 0.340 e. The Bertz CT molecular complexity index is 1040. The average Bonchev–Trinajstić information content (AvgIpc) is 2.75. The molecule has 0 unspecified atom stereocenters. The normalized spacial score (nSPS) is 10.5. The summed E-state index contributed by atoms with van der Waals surface area (Å²) in [6.45, 7) is 1.42. The zero-order chi connectivity index (χ0) is 24.0. The summed E-state index contributed by atoms with van der Waals surface area (Å²) in [6, 6.07) is 4.96. The monoisotopic (exact) mass is 454 g/mol. The number of esters is 2. The molecule has 0 aliphatic carbocycles. The number of carbonyl (C=O) groups excluding carboxylic acids is 3. The van der Waals surface area contributed by atoms with Crippen LogP contribution in [0.3, 0.4) is 0 Å². The first kappa shape index (κ1) is 24.7. The Kier molecular flexibility index (Phi) is 8.19. The van der Waals surface area contributed by atoms with Crippen molar-refractivity contribution in [3.63, 3.8) is 0 Å². The predicted molar refractivity (Wildman–Crippen MR) is 106 cm³/mol. The van der Waals surface area contributed by atoms with E-state index in [9.17, 15) is 27.6 Å². The average molecular weight is 454 g/mol. The minimum atomic E-state index is -1.49. The van der Waals surface area contributed by atoms with Crippen molar-refractivity contribution in [1.29, 1.82) is 0 Å². The number of methoxy groups -OCH3 is 1. The Hall–Kier alpha value is -3.60. The van der Waals surface area contributed by atoms with Crippen LogP contribution in [0.15, 0.2) is 24.3 Å². The van der Waals surface area contributed by atoms with Crippen LogP contribution >= 0.6 is 0 Å². The van der Waals surface area contributed by atoms with E-state index in [1.54, 1.807) is 6.92 Å². The van der Waals surface area contributed by atoms with Gasteiger partial charge in [-0.15, -0.1) is 0 Å². The molecule has 2 aromatic carbocycles. The smallest absolute Gasteiger partial charge is 0.340 e. The number of amides is 1. The van der Waals surface area contributed by atoms with Gasteiger partial charge in [-0.3, -0.25) is 14.4 Å². The zero-order valence-corrected chi connectivity index (χ0v) is 17.8. The van der Waals surface area contributed by atoms with Gasteiger partial charge in [0, 0.05) is 12.5 Å². The molecule has 0 spiro atoms. The van der Waals surface area contributed by atoms with Crippen molar-refractivity contribution < 1.29 is 41.9 Å².